The van der Waals surface area contributed by atoms with E-state index < -0.39 is 0 Å². The lowest BCUT2D eigenvalue weighted by atomic mass is 10.1. The van der Waals surface area contributed by atoms with Gasteiger partial charge >= 0.3 is 0 Å². The van der Waals surface area contributed by atoms with E-state index in [0.29, 0.717) is 0 Å². The summed E-state index contributed by atoms with van der Waals surface area (Å²) >= 11 is 3.30. The highest BCUT2D eigenvalue weighted by atomic mass is 32.2. The Bertz CT molecular complexity index is 797. The summed E-state index contributed by atoms with van der Waals surface area (Å²) in [5.41, 5.74) is 3.79. The van der Waals surface area contributed by atoms with Crippen LogP contribution >= 0.6 is 23.1 Å². The van der Waals surface area contributed by atoms with Crippen molar-refractivity contribution in [2.75, 3.05) is 11.1 Å². The molecule has 1 aromatic heterocycles. The molecule has 2 aromatic carbocycles. The topological polar surface area (TPSA) is 37.8 Å². The Morgan fingerprint density at radius 1 is 1.04 bits per heavy atom. The van der Waals surface area contributed by atoms with Crippen molar-refractivity contribution in [2.24, 2.45) is 0 Å². The fraction of sp³-hybridized carbons (Fsp3) is 0.158. The summed E-state index contributed by atoms with van der Waals surface area (Å²) in [7, 11) is 0. The van der Waals surface area contributed by atoms with Gasteiger partial charge in [-0.25, -0.2) is 0 Å². The standard InChI is InChI=1S/C19H19N3S2/c1-15-8-5-6-12-17(15)14-20-18-21-22-19(24-18)23-13-7-11-16-9-3-2-4-10-16/h2-12H,13-14H2,1H3,(H,20,21)/b11-7+. The number of nitrogens with one attached hydrogen (secondary N) is 1. The quantitative estimate of drug-likeness (QED) is 0.588. The molecule has 24 heavy (non-hydrogen) atoms. The van der Waals surface area contributed by atoms with Crippen LogP contribution in [-0.4, -0.2) is 16.0 Å². The lowest BCUT2D eigenvalue weighted by Gasteiger charge is -2.05. The minimum absolute atomic E-state index is 0.778. The maximum atomic E-state index is 4.23. The molecule has 0 unspecified atom stereocenters. The number of aromatic nitrogens is 2. The number of aryl methyl sites for hydroxylation is 1. The van der Waals surface area contributed by atoms with E-state index in [0.717, 1.165) is 21.8 Å². The predicted octanol–water partition coefficient (Wildman–Crippen LogP) is 5.26. The van der Waals surface area contributed by atoms with Crippen LogP contribution in [0.3, 0.4) is 0 Å². The first-order valence-electron chi connectivity index (χ1n) is 7.77. The average Bonchev–Trinajstić information content (AvgIpc) is 3.07. The van der Waals surface area contributed by atoms with E-state index in [2.05, 4.69) is 71.0 Å². The Hall–Kier alpha value is -2.11. The number of hydrogen-bond acceptors (Lipinski definition) is 5. The third-order valence-electron chi connectivity index (χ3n) is 3.51. The molecule has 0 bridgehead atoms. The molecule has 0 radical (unpaired) electrons. The van der Waals surface area contributed by atoms with Crippen molar-refractivity contribution in [1.82, 2.24) is 10.2 Å². The number of rotatable bonds is 7. The zero-order valence-corrected chi connectivity index (χ0v) is 15.1. The van der Waals surface area contributed by atoms with Gasteiger partial charge in [-0.2, -0.15) is 0 Å². The summed E-state index contributed by atoms with van der Waals surface area (Å²) < 4.78 is 0.986. The third kappa shape index (κ3) is 4.94. The molecule has 1 N–H and O–H groups in total. The number of benzene rings is 2. The molecule has 3 rings (SSSR count). The fourth-order valence-electron chi connectivity index (χ4n) is 2.19. The SMILES string of the molecule is Cc1ccccc1CNc1nnc(SC/C=C/c2ccccc2)s1. The molecule has 0 atom stereocenters. The molecule has 0 amide bonds. The van der Waals surface area contributed by atoms with Crippen LogP contribution in [0.5, 0.6) is 0 Å². The Balaban J connectivity index is 1.47. The van der Waals surface area contributed by atoms with E-state index in [4.69, 9.17) is 0 Å². The maximum Gasteiger partial charge on any atom is 0.206 e. The first kappa shape index (κ1) is 16.7. The highest BCUT2D eigenvalue weighted by Crippen LogP contribution is 2.26. The van der Waals surface area contributed by atoms with E-state index in [1.165, 1.54) is 16.7 Å². The minimum Gasteiger partial charge on any atom is -0.356 e. The molecule has 122 valence electrons. The van der Waals surface area contributed by atoms with Crippen LogP contribution in [0.25, 0.3) is 6.08 Å². The third-order valence-corrected chi connectivity index (χ3v) is 5.48. The van der Waals surface area contributed by atoms with Crippen molar-refractivity contribution in [3.8, 4) is 0 Å². The van der Waals surface area contributed by atoms with Gasteiger partial charge in [0.25, 0.3) is 0 Å². The molecule has 0 saturated carbocycles. The van der Waals surface area contributed by atoms with Gasteiger partial charge in [0.2, 0.25) is 5.13 Å². The Morgan fingerprint density at radius 3 is 2.67 bits per heavy atom. The van der Waals surface area contributed by atoms with Crippen molar-refractivity contribution in [3.05, 3.63) is 77.4 Å². The molecule has 0 fully saturated rings. The van der Waals surface area contributed by atoms with Gasteiger partial charge in [0.1, 0.15) is 0 Å². The molecule has 5 heteroatoms. The van der Waals surface area contributed by atoms with Crippen molar-refractivity contribution in [3.63, 3.8) is 0 Å². The van der Waals surface area contributed by atoms with Gasteiger partial charge in [-0.1, -0.05) is 89.8 Å². The van der Waals surface area contributed by atoms with Gasteiger partial charge < -0.3 is 5.32 Å². The van der Waals surface area contributed by atoms with Crippen molar-refractivity contribution >= 4 is 34.3 Å². The van der Waals surface area contributed by atoms with Gasteiger partial charge in [-0.15, -0.1) is 10.2 Å². The predicted molar refractivity (Wildman–Crippen MR) is 105 cm³/mol. The van der Waals surface area contributed by atoms with Crippen LogP contribution in [0, 0.1) is 6.92 Å². The second-order valence-electron chi connectivity index (χ2n) is 5.28. The Labute approximate surface area is 150 Å². The molecule has 0 saturated heterocycles. The summed E-state index contributed by atoms with van der Waals surface area (Å²) in [5.74, 6) is 0.890. The van der Waals surface area contributed by atoms with E-state index in [9.17, 15) is 0 Å². The summed E-state index contributed by atoms with van der Waals surface area (Å²) in [4.78, 5) is 0. The van der Waals surface area contributed by atoms with Gasteiger partial charge in [0.05, 0.1) is 0 Å². The average molecular weight is 354 g/mol. The molecule has 3 nitrogen and oxygen atoms in total. The van der Waals surface area contributed by atoms with Gasteiger partial charge in [-0.3, -0.25) is 0 Å². The van der Waals surface area contributed by atoms with Crippen LogP contribution in [0.4, 0.5) is 5.13 Å². The van der Waals surface area contributed by atoms with Gasteiger partial charge in [-0.05, 0) is 23.6 Å². The second-order valence-corrected chi connectivity index (χ2v) is 7.52. The molecule has 0 aliphatic carbocycles. The Kier molecular flexibility index (Phi) is 6.04. The lowest BCUT2D eigenvalue weighted by Crippen LogP contribution is -2.00. The van der Waals surface area contributed by atoms with Crippen LogP contribution in [0.1, 0.15) is 16.7 Å². The van der Waals surface area contributed by atoms with Crippen LogP contribution in [-0.2, 0) is 6.54 Å². The van der Waals surface area contributed by atoms with Crippen molar-refractivity contribution < 1.29 is 0 Å². The molecular formula is C19H19N3S2. The number of hydrogen-bond donors (Lipinski definition) is 1. The Morgan fingerprint density at radius 2 is 1.83 bits per heavy atom. The van der Waals surface area contributed by atoms with E-state index >= 15 is 0 Å². The van der Waals surface area contributed by atoms with E-state index in [-0.39, 0.29) is 0 Å². The van der Waals surface area contributed by atoms with Crippen LogP contribution < -0.4 is 5.32 Å². The summed E-state index contributed by atoms with van der Waals surface area (Å²) in [6, 6.07) is 18.7. The monoisotopic (exact) mass is 353 g/mol. The molecular weight excluding hydrogens is 334 g/mol. The fourth-order valence-corrected chi connectivity index (χ4v) is 3.77. The zero-order chi connectivity index (χ0) is 16.6. The van der Waals surface area contributed by atoms with Gasteiger partial charge in [0.15, 0.2) is 4.34 Å². The summed E-state index contributed by atoms with van der Waals surface area (Å²) in [6.45, 7) is 2.90. The number of anilines is 1. The molecule has 1 heterocycles. The largest absolute Gasteiger partial charge is 0.356 e. The van der Waals surface area contributed by atoms with E-state index in [1.54, 1.807) is 23.1 Å². The number of nitrogens with zero attached hydrogens (tertiary/aromatic N) is 2. The number of thioether (sulfide) groups is 1. The maximum absolute atomic E-state index is 4.23. The highest BCUT2D eigenvalue weighted by molar-refractivity contribution is 8.01. The minimum atomic E-state index is 0.778. The second kappa shape index (κ2) is 8.66. The van der Waals surface area contributed by atoms with E-state index in [1.807, 2.05) is 18.2 Å². The molecule has 0 aliphatic rings. The first-order chi connectivity index (χ1) is 11.8. The van der Waals surface area contributed by atoms with Crippen molar-refractivity contribution in [2.45, 2.75) is 17.8 Å². The smallest absolute Gasteiger partial charge is 0.206 e. The van der Waals surface area contributed by atoms with Gasteiger partial charge in [0, 0.05) is 12.3 Å². The van der Waals surface area contributed by atoms with Crippen LogP contribution in [0.2, 0.25) is 0 Å². The highest BCUT2D eigenvalue weighted by Gasteiger charge is 2.04. The first-order valence-corrected chi connectivity index (χ1v) is 9.58. The molecule has 0 spiro atoms. The van der Waals surface area contributed by atoms with Crippen molar-refractivity contribution in [1.29, 1.82) is 0 Å². The normalized spacial score (nSPS) is 11.0. The van der Waals surface area contributed by atoms with Crippen LogP contribution in [0.15, 0.2) is 65.0 Å². The lowest BCUT2D eigenvalue weighted by molar-refractivity contribution is 0.994. The molecule has 3 aromatic rings. The summed E-state index contributed by atoms with van der Waals surface area (Å²) in [6.07, 6.45) is 4.28. The molecule has 0 aliphatic heterocycles. The zero-order valence-electron chi connectivity index (χ0n) is 13.5. The summed E-state index contributed by atoms with van der Waals surface area (Å²) in [5, 5.41) is 12.7.